The van der Waals surface area contributed by atoms with Crippen LogP contribution in [0.3, 0.4) is 0 Å². The molecule has 2 amide bonds. The van der Waals surface area contributed by atoms with E-state index in [1.165, 1.54) is 0 Å². The van der Waals surface area contributed by atoms with Crippen molar-refractivity contribution in [3.63, 3.8) is 0 Å². The fraction of sp³-hybridized carbons (Fsp3) is 0.480. The summed E-state index contributed by atoms with van der Waals surface area (Å²) in [5.41, 5.74) is 2.05. The number of hydrogen-bond acceptors (Lipinski definition) is 6. The highest BCUT2D eigenvalue weighted by atomic mass is 16.5. The van der Waals surface area contributed by atoms with Crippen molar-refractivity contribution in [2.24, 2.45) is 0 Å². The van der Waals surface area contributed by atoms with Gasteiger partial charge in [0, 0.05) is 49.1 Å². The zero-order valence-corrected chi connectivity index (χ0v) is 19.5. The highest BCUT2D eigenvalue weighted by Gasteiger charge is 2.41. The second kappa shape index (κ2) is 10.2. The number of fused-ring (bicyclic) bond motifs is 2. The molecule has 2 bridgehead atoms. The molecule has 2 fully saturated rings. The Morgan fingerprint density at radius 1 is 1.09 bits per heavy atom. The Kier molecular flexibility index (Phi) is 7.13. The molecule has 8 nitrogen and oxygen atoms in total. The summed E-state index contributed by atoms with van der Waals surface area (Å²) in [6.07, 6.45) is 5.56. The van der Waals surface area contributed by atoms with Gasteiger partial charge < -0.3 is 25.0 Å². The van der Waals surface area contributed by atoms with E-state index in [2.05, 4.69) is 20.5 Å². The van der Waals surface area contributed by atoms with Gasteiger partial charge >= 0.3 is 0 Å². The molecule has 2 aromatic rings. The molecule has 8 heteroatoms. The lowest BCUT2D eigenvalue weighted by Crippen LogP contribution is -2.50. The zero-order chi connectivity index (χ0) is 23.4. The quantitative estimate of drug-likeness (QED) is 0.599. The van der Waals surface area contributed by atoms with Crippen LogP contribution in [0.15, 0.2) is 36.5 Å². The number of amides is 2. The van der Waals surface area contributed by atoms with Crippen LogP contribution in [0.1, 0.15) is 52.0 Å². The second-order valence-electron chi connectivity index (χ2n) is 8.72. The molecule has 176 valence electrons. The first-order chi connectivity index (χ1) is 16.0. The summed E-state index contributed by atoms with van der Waals surface area (Å²) in [4.78, 5) is 32.1. The average molecular weight is 453 g/mol. The maximum atomic E-state index is 12.9. The Morgan fingerprint density at radius 3 is 2.48 bits per heavy atom. The molecule has 0 spiro atoms. The summed E-state index contributed by atoms with van der Waals surface area (Å²) in [5, 5.41) is 6.06. The van der Waals surface area contributed by atoms with Gasteiger partial charge in [0.05, 0.1) is 19.3 Å². The van der Waals surface area contributed by atoms with Gasteiger partial charge in [-0.1, -0.05) is 6.07 Å². The minimum absolute atomic E-state index is 0.0498. The van der Waals surface area contributed by atoms with Crippen LogP contribution in [-0.2, 0) is 4.74 Å². The Balaban J connectivity index is 1.38. The van der Waals surface area contributed by atoms with Crippen LogP contribution in [0.5, 0.6) is 5.75 Å². The highest BCUT2D eigenvalue weighted by molar-refractivity contribution is 5.96. The van der Waals surface area contributed by atoms with Gasteiger partial charge in [0.1, 0.15) is 11.6 Å². The molecule has 3 heterocycles. The molecule has 1 aromatic carbocycles. The van der Waals surface area contributed by atoms with E-state index in [0.29, 0.717) is 36.4 Å². The Labute approximate surface area is 194 Å². The fourth-order valence-electron chi connectivity index (χ4n) is 5.06. The van der Waals surface area contributed by atoms with E-state index >= 15 is 0 Å². The topological polar surface area (TPSA) is 92.8 Å². The summed E-state index contributed by atoms with van der Waals surface area (Å²) >= 11 is 0. The van der Waals surface area contributed by atoms with Gasteiger partial charge in [-0.2, -0.15) is 0 Å². The summed E-state index contributed by atoms with van der Waals surface area (Å²) in [6, 6.07) is 10.1. The number of piperidine rings is 1. The van der Waals surface area contributed by atoms with Crippen molar-refractivity contribution in [2.75, 3.05) is 32.3 Å². The maximum Gasteiger partial charge on any atom is 0.252 e. The number of anilines is 1. The molecule has 0 aliphatic carbocycles. The first kappa shape index (κ1) is 23.0. The summed E-state index contributed by atoms with van der Waals surface area (Å²) < 4.78 is 10.3. The van der Waals surface area contributed by atoms with Crippen molar-refractivity contribution < 1.29 is 19.1 Å². The molecule has 4 rings (SSSR count). The lowest BCUT2D eigenvalue weighted by atomic mass is 9.96. The van der Waals surface area contributed by atoms with Crippen LogP contribution in [0.4, 0.5) is 5.82 Å². The monoisotopic (exact) mass is 452 g/mol. The largest absolute Gasteiger partial charge is 0.496 e. The zero-order valence-electron chi connectivity index (χ0n) is 19.5. The van der Waals surface area contributed by atoms with Crippen molar-refractivity contribution in [2.45, 2.75) is 50.7 Å². The van der Waals surface area contributed by atoms with Crippen LogP contribution < -0.4 is 20.3 Å². The summed E-state index contributed by atoms with van der Waals surface area (Å²) in [6.45, 7) is 2.85. The number of pyridine rings is 1. The molecular formula is C25H32N4O4. The number of methoxy groups -OCH3 is 2. The molecule has 2 N–H and O–H groups in total. The number of rotatable bonds is 8. The molecule has 2 aliphatic heterocycles. The predicted molar refractivity (Wildman–Crippen MR) is 126 cm³/mol. The normalized spacial score (nSPS) is 21.5. The second-order valence-corrected chi connectivity index (χ2v) is 8.72. The number of nitrogens with zero attached hydrogens (tertiary/aromatic N) is 2. The number of carbonyl (C=O) groups excluding carboxylic acids is 2. The van der Waals surface area contributed by atoms with Crippen molar-refractivity contribution >= 4 is 17.6 Å². The van der Waals surface area contributed by atoms with Crippen molar-refractivity contribution in [1.82, 2.24) is 15.6 Å². The van der Waals surface area contributed by atoms with Gasteiger partial charge in [-0.15, -0.1) is 0 Å². The van der Waals surface area contributed by atoms with E-state index in [0.717, 1.165) is 42.8 Å². The van der Waals surface area contributed by atoms with E-state index in [-0.39, 0.29) is 17.9 Å². The molecule has 0 unspecified atom stereocenters. The molecule has 2 aliphatic rings. The minimum Gasteiger partial charge on any atom is -0.496 e. The van der Waals surface area contributed by atoms with Crippen LogP contribution >= 0.6 is 0 Å². The molecule has 0 radical (unpaired) electrons. The van der Waals surface area contributed by atoms with Gasteiger partial charge in [0.15, 0.2) is 0 Å². The fourth-order valence-corrected chi connectivity index (χ4v) is 5.06. The van der Waals surface area contributed by atoms with Crippen LogP contribution in [-0.4, -0.2) is 62.3 Å². The number of carbonyl (C=O) groups is 2. The van der Waals surface area contributed by atoms with Gasteiger partial charge in [0.25, 0.3) is 11.8 Å². The molecule has 1 aromatic heterocycles. The molecule has 0 saturated carbocycles. The average Bonchev–Trinajstić information content (AvgIpc) is 3.09. The number of nitrogens with one attached hydrogen (secondary N) is 2. The lowest BCUT2D eigenvalue weighted by molar-refractivity contribution is 0.0922. The number of hydrogen-bond donors (Lipinski definition) is 2. The first-order valence-electron chi connectivity index (χ1n) is 11.5. The van der Waals surface area contributed by atoms with Gasteiger partial charge in [-0.05, 0) is 56.9 Å². The summed E-state index contributed by atoms with van der Waals surface area (Å²) in [5.74, 6) is 1.42. The standard InChI is InChI=1S/C25H32N4O4/c1-16-21(5-4-6-22(16)33-3)25(31)28-18-13-19-8-9-20(14-18)29(19)23-10-7-17(15-27-23)24(30)26-11-12-32-2/h4-7,10,15,18-20H,8-9,11-14H2,1-3H3,(H,26,30)(H,28,31)/t18-,19+,20-. The first-order valence-corrected chi connectivity index (χ1v) is 11.5. The Morgan fingerprint density at radius 2 is 1.85 bits per heavy atom. The van der Waals surface area contributed by atoms with Gasteiger partial charge in [-0.25, -0.2) is 4.98 Å². The van der Waals surface area contributed by atoms with E-state index in [9.17, 15) is 9.59 Å². The van der Waals surface area contributed by atoms with E-state index in [1.54, 1.807) is 20.4 Å². The third-order valence-electron chi connectivity index (χ3n) is 6.68. The third kappa shape index (κ3) is 4.95. The predicted octanol–water partition coefficient (Wildman–Crippen LogP) is 2.70. The number of benzene rings is 1. The minimum atomic E-state index is -0.150. The Bertz CT molecular complexity index is 980. The third-order valence-corrected chi connectivity index (χ3v) is 6.68. The van der Waals surface area contributed by atoms with Crippen molar-refractivity contribution in [3.05, 3.63) is 53.2 Å². The maximum absolute atomic E-state index is 12.9. The molecule has 2 saturated heterocycles. The van der Waals surface area contributed by atoms with Crippen molar-refractivity contribution in [3.8, 4) is 5.75 Å². The van der Waals surface area contributed by atoms with Crippen LogP contribution in [0.2, 0.25) is 0 Å². The van der Waals surface area contributed by atoms with Gasteiger partial charge in [0.2, 0.25) is 0 Å². The van der Waals surface area contributed by atoms with Crippen LogP contribution in [0, 0.1) is 6.92 Å². The van der Waals surface area contributed by atoms with Gasteiger partial charge in [-0.3, -0.25) is 9.59 Å². The Hall–Kier alpha value is -3.13. The van der Waals surface area contributed by atoms with Crippen molar-refractivity contribution in [1.29, 1.82) is 0 Å². The molecular weight excluding hydrogens is 420 g/mol. The van der Waals surface area contributed by atoms with E-state index in [4.69, 9.17) is 9.47 Å². The summed E-state index contributed by atoms with van der Waals surface area (Å²) in [7, 11) is 3.22. The van der Waals surface area contributed by atoms with E-state index < -0.39 is 0 Å². The lowest BCUT2D eigenvalue weighted by Gasteiger charge is -2.40. The molecule has 33 heavy (non-hydrogen) atoms. The smallest absolute Gasteiger partial charge is 0.252 e. The highest BCUT2D eigenvalue weighted by Crippen LogP contribution is 2.38. The SMILES string of the molecule is COCCNC(=O)c1ccc(N2[C@@H]3CC[C@H]2C[C@@H](NC(=O)c2cccc(OC)c2C)C3)nc1. The number of aromatic nitrogens is 1. The number of ether oxygens (including phenoxy) is 2. The van der Waals surface area contributed by atoms with E-state index in [1.807, 2.05) is 37.3 Å². The molecule has 3 atom stereocenters. The van der Waals surface area contributed by atoms with Crippen LogP contribution in [0.25, 0.3) is 0 Å².